The molecule has 0 aliphatic rings. The van der Waals surface area contributed by atoms with E-state index >= 15 is 0 Å². The number of anilines is 1. The van der Waals surface area contributed by atoms with Gasteiger partial charge >= 0.3 is 0 Å². The van der Waals surface area contributed by atoms with E-state index in [1.54, 1.807) is 17.5 Å². The maximum absolute atomic E-state index is 12.2. The van der Waals surface area contributed by atoms with Crippen LogP contribution in [0.25, 0.3) is 0 Å². The molecule has 1 aromatic carbocycles. The molecule has 2 aromatic rings. The minimum Gasteiger partial charge on any atom is -0.387 e. The molecular weight excluding hydrogens is 258 g/mol. The Bertz CT molecular complexity index is 592. The molecule has 100 valence electrons. The van der Waals surface area contributed by atoms with Crippen molar-refractivity contribution in [1.82, 2.24) is 10.3 Å². The number of amides is 1. The van der Waals surface area contributed by atoms with Crippen LogP contribution in [-0.4, -0.2) is 17.9 Å². The number of nitrogens with one attached hydrogen (secondary N) is 2. The lowest BCUT2D eigenvalue weighted by Gasteiger charge is -2.10. The van der Waals surface area contributed by atoms with Gasteiger partial charge in [0.1, 0.15) is 0 Å². The summed E-state index contributed by atoms with van der Waals surface area (Å²) < 4.78 is 0. The Labute approximate surface area is 116 Å². The van der Waals surface area contributed by atoms with Gasteiger partial charge in [-0.05, 0) is 26.0 Å². The fourth-order valence-corrected chi connectivity index (χ4v) is 2.55. The summed E-state index contributed by atoms with van der Waals surface area (Å²) in [4.78, 5) is 17.4. The second-order valence-corrected chi connectivity index (χ2v) is 5.65. The topological polar surface area (TPSA) is 54.0 Å². The average Bonchev–Trinajstić information content (AvgIpc) is 2.81. The molecule has 5 heteroatoms. The van der Waals surface area contributed by atoms with Crippen LogP contribution in [0.5, 0.6) is 0 Å². The Morgan fingerprint density at radius 3 is 2.79 bits per heavy atom. The van der Waals surface area contributed by atoms with E-state index in [0.717, 1.165) is 21.1 Å². The Balaban J connectivity index is 2.09. The second-order valence-electron chi connectivity index (χ2n) is 4.33. The summed E-state index contributed by atoms with van der Waals surface area (Å²) in [5.41, 5.74) is 2.57. The molecule has 1 amide bonds. The Morgan fingerprint density at radius 1 is 1.37 bits per heavy atom. The van der Waals surface area contributed by atoms with Crippen molar-refractivity contribution in [3.63, 3.8) is 0 Å². The molecule has 0 radical (unpaired) electrons. The van der Waals surface area contributed by atoms with Crippen LogP contribution in [0.1, 0.15) is 25.8 Å². The van der Waals surface area contributed by atoms with Crippen LogP contribution < -0.4 is 10.6 Å². The summed E-state index contributed by atoms with van der Waals surface area (Å²) >= 11 is 1.60. The number of aryl methyl sites for hydroxylation is 2. The summed E-state index contributed by atoms with van der Waals surface area (Å²) in [7, 11) is 1.81. The van der Waals surface area contributed by atoms with Crippen molar-refractivity contribution in [3.8, 4) is 0 Å². The maximum atomic E-state index is 12.2. The summed E-state index contributed by atoms with van der Waals surface area (Å²) in [6, 6.07) is 5.79. The van der Waals surface area contributed by atoms with Crippen LogP contribution in [0.4, 0.5) is 5.69 Å². The van der Waals surface area contributed by atoms with Crippen LogP contribution in [0.3, 0.4) is 0 Å². The molecule has 0 aliphatic carbocycles. The molecule has 1 aromatic heterocycles. The number of hydrogen-bond donors (Lipinski definition) is 2. The van der Waals surface area contributed by atoms with E-state index in [1.165, 1.54) is 0 Å². The van der Waals surface area contributed by atoms with Crippen molar-refractivity contribution in [2.45, 2.75) is 20.4 Å². The number of rotatable bonds is 4. The molecule has 0 bridgehead atoms. The van der Waals surface area contributed by atoms with Gasteiger partial charge in [-0.15, -0.1) is 11.3 Å². The zero-order valence-electron chi connectivity index (χ0n) is 11.3. The van der Waals surface area contributed by atoms with Gasteiger partial charge in [-0.1, -0.05) is 11.6 Å². The molecule has 4 nitrogen and oxygen atoms in total. The van der Waals surface area contributed by atoms with E-state index in [9.17, 15) is 4.79 Å². The normalized spacial score (nSPS) is 10.3. The van der Waals surface area contributed by atoms with E-state index in [4.69, 9.17) is 0 Å². The van der Waals surface area contributed by atoms with Gasteiger partial charge in [-0.2, -0.15) is 0 Å². The molecule has 19 heavy (non-hydrogen) atoms. The molecule has 0 spiro atoms. The first-order valence-electron chi connectivity index (χ1n) is 6.08. The number of benzene rings is 1. The minimum absolute atomic E-state index is 0.0703. The number of nitrogens with zero attached hydrogens (tertiary/aromatic N) is 1. The maximum Gasteiger partial charge on any atom is 0.253 e. The Kier molecular flexibility index (Phi) is 4.16. The quantitative estimate of drug-likeness (QED) is 0.902. The molecular formula is C14H17N3OS. The summed E-state index contributed by atoms with van der Waals surface area (Å²) in [5, 5.41) is 6.97. The number of thiazole rings is 1. The summed E-state index contributed by atoms with van der Waals surface area (Å²) in [6.45, 7) is 4.44. The largest absolute Gasteiger partial charge is 0.387 e. The highest BCUT2D eigenvalue weighted by Gasteiger charge is 2.11. The predicted molar refractivity (Wildman–Crippen MR) is 78.7 cm³/mol. The monoisotopic (exact) mass is 275 g/mol. The number of hydrogen-bond acceptors (Lipinski definition) is 4. The van der Waals surface area contributed by atoms with Gasteiger partial charge in [-0.25, -0.2) is 4.98 Å². The first-order chi connectivity index (χ1) is 9.10. The van der Waals surface area contributed by atoms with Gasteiger partial charge in [0.25, 0.3) is 5.91 Å². The van der Waals surface area contributed by atoms with E-state index < -0.39 is 0 Å². The Hall–Kier alpha value is -1.88. The fraction of sp³-hybridized carbons (Fsp3) is 0.286. The zero-order chi connectivity index (χ0) is 13.8. The number of aromatic nitrogens is 1. The van der Waals surface area contributed by atoms with Crippen molar-refractivity contribution in [1.29, 1.82) is 0 Å². The predicted octanol–water partition coefficient (Wildman–Crippen LogP) is 2.73. The van der Waals surface area contributed by atoms with E-state index in [0.29, 0.717) is 12.1 Å². The van der Waals surface area contributed by atoms with Gasteiger partial charge in [0.05, 0.1) is 17.1 Å². The van der Waals surface area contributed by atoms with Crippen LogP contribution in [0.15, 0.2) is 24.4 Å². The third kappa shape index (κ3) is 3.32. The first kappa shape index (κ1) is 13.5. The van der Waals surface area contributed by atoms with Crippen LogP contribution >= 0.6 is 11.3 Å². The molecule has 0 fully saturated rings. The Morgan fingerprint density at radius 2 is 2.16 bits per heavy atom. The molecule has 0 saturated heterocycles. The van der Waals surface area contributed by atoms with Crippen molar-refractivity contribution in [3.05, 3.63) is 45.4 Å². The summed E-state index contributed by atoms with van der Waals surface area (Å²) in [5.74, 6) is -0.0703. The molecule has 0 atom stereocenters. The van der Waals surface area contributed by atoms with E-state index in [1.807, 2.05) is 39.1 Å². The van der Waals surface area contributed by atoms with E-state index in [-0.39, 0.29) is 5.91 Å². The number of carbonyl (C=O) groups is 1. The second kappa shape index (κ2) is 5.84. The third-order valence-electron chi connectivity index (χ3n) is 2.78. The smallest absolute Gasteiger partial charge is 0.253 e. The lowest BCUT2D eigenvalue weighted by Crippen LogP contribution is -2.23. The lowest BCUT2D eigenvalue weighted by atomic mass is 10.1. The molecule has 0 aliphatic heterocycles. The SMILES string of the molecule is CNc1ccc(C)cc1C(=O)NCc1cnc(C)s1. The molecule has 2 N–H and O–H groups in total. The van der Waals surface area contributed by atoms with Crippen LogP contribution in [0, 0.1) is 13.8 Å². The van der Waals surface area contributed by atoms with Crippen molar-refractivity contribution in [2.24, 2.45) is 0 Å². The summed E-state index contributed by atoms with van der Waals surface area (Å²) in [6.07, 6.45) is 1.80. The van der Waals surface area contributed by atoms with Crippen molar-refractivity contribution >= 4 is 22.9 Å². The highest BCUT2D eigenvalue weighted by Crippen LogP contribution is 2.17. The van der Waals surface area contributed by atoms with Gasteiger partial charge in [0.2, 0.25) is 0 Å². The van der Waals surface area contributed by atoms with Crippen molar-refractivity contribution < 1.29 is 4.79 Å². The van der Waals surface area contributed by atoms with Gasteiger partial charge in [-0.3, -0.25) is 4.79 Å². The van der Waals surface area contributed by atoms with Crippen LogP contribution in [-0.2, 0) is 6.54 Å². The highest BCUT2D eigenvalue weighted by molar-refractivity contribution is 7.11. The number of carbonyl (C=O) groups excluding carboxylic acids is 1. The molecule has 0 unspecified atom stereocenters. The van der Waals surface area contributed by atoms with E-state index in [2.05, 4.69) is 15.6 Å². The highest BCUT2D eigenvalue weighted by atomic mass is 32.1. The van der Waals surface area contributed by atoms with Crippen molar-refractivity contribution in [2.75, 3.05) is 12.4 Å². The van der Waals surface area contributed by atoms with Gasteiger partial charge < -0.3 is 10.6 Å². The van der Waals surface area contributed by atoms with Gasteiger partial charge in [0.15, 0.2) is 0 Å². The minimum atomic E-state index is -0.0703. The fourth-order valence-electron chi connectivity index (χ4n) is 1.81. The lowest BCUT2D eigenvalue weighted by molar-refractivity contribution is 0.0952. The molecule has 1 heterocycles. The molecule has 2 rings (SSSR count). The average molecular weight is 275 g/mol. The standard InChI is InChI=1S/C14H17N3OS/c1-9-4-5-13(15-3)12(6-9)14(18)17-8-11-7-16-10(2)19-11/h4-7,15H,8H2,1-3H3,(H,17,18). The molecule has 0 saturated carbocycles. The third-order valence-corrected chi connectivity index (χ3v) is 3.69. The first-order valence-corrected chi connectivity index (χ1v) is 6.89. The zero-order valence-corrected chi connectivity index (χ0v) is 12.1. The van der Waals surface area contributed by atoms with Crippen LogP contribution in [0.2, 0.25) is 0 Å². The van der Waals surface area contributed by atoms with Gasteiger partial charge in [0, 0.05) is 23.8 Å².